The summed E-state index contributed by atoms with van der Waals surface area (Å²) < 4.78 is 0. The van der Waals surface area contributed by atoms with Gasteiger partial charge in [0.05, 0.1) is 5.69 Å². The van der Waals surface area contributed by atoms with E-state index in [0.29, 0.717) is 12.1 Å². The Labute approximate surface area is 131 Å². The van der Waals surface area contributed by atoms with Crippen molar-refractivity contribution in [2.45, 2.75) is 6.42 Å². The summed E-state index contributed by atoms with van der Waals surface area (Å²) in [5.74, 6) is 0. The average molecular weight is 310 g/mol. The third kappa shape index (κ3) is 3.46. The second-order valence-electron chi connectivity index (χ2n) is 4.95. The summed E-state index contributed by atoms with van der Waals surface area (Å²) in [7, 11) is 0. The Bertz CT molecular complexity index is 855. The third-order valence-corrected chi connectivity index (χ3v) is 3.37. The summed E-state index contributed by atoms with van der Waals surface area (Å²) in [4.78, 5) is 29.2. The van der Waals surface area contributed by atoms with Crippen LogP contribution in [0.5, 0.6) is 0 Å². The van der Waals surface area contributed by atoms with Gasteiger partial charge in [-0.1, -0.05) is 12.1 Å². The molecule has 0 bridgehead atoms. The minimum absolute atomic E-state index is 0.514. The smallest absolute Gasteiger partial charge is 0.412 e. The highest BCUT2D eigenvalue weighted by molar-refractivity contribution is 5.98. The maximum Gasteiger partial charge on any atom is 0.412 e. The molecule has 3 rings (SSSR count). The van der Waals surface area contributed by atoms with Gasteiger partial charge in [-0.15, -0.1) is 0 Å². The molecule has 0 saturated heterocycles. The van der Waals surface area contributed by atoms with Crippen LogP contribution in [-0.4, -0.2) is 27.2 Å². The van der Waals surface area contributed by atoms with Crippen molar-refractivity contribution in [3.05, 3.63) is 60.0 Å². The number of aromatic amines is 1. The number of nitrogens with zero attached hydrogens (tertiary/aromatic N) is 1. The summed E-state index contributed by atoms with van der Waals surface area (Å²) in [5.41, 5.74) is 3.56. The van der Waals surface area contributed by atoms with Gasteiger partial charge >= 0.3 is 12.1 Å². The lowest BCUT2D eigenvalue weighted by molar-refractivity contribution is 0.194. The van der Waals surface area contributed by atoms with Crippen molar-refractivity contribution >= 4 is 28.7 Å². The molecule has 0 aliphatic carbocycles. The van der Waals surface area contributed by atoms with E-state index < -0.39 is 12.1 Å². The fourth-order valence-electron chi connectivity index (χ4n) is 2.34. The SMILES string of the molecule is O=C(O)NC(=O)Nc1ccc(Cc2nccc3[nH]ccc23)cc1. The predicted molar refractivity (Wildman–Crippen MR) is 85.5 cm³/mol. The highest BCUT2D eigenvalue weighted by atomic mass is 16.4. The first-order chi connectivity index (χ1) is 11.1. The van der Waals surface area contributed by atoms with Crippen molar-refractivity contribution in [1.82, 2.24) is 15.3 Å². The molecule has 3 amide bonds. The Morgan fingerprint density at radius 2 is 1.91 bits per heavy atom. The molecule has 0 fully saturated rings. The van der Waals surface area contributed by atoms with Crippen molar-refractivity contribution in [1.29, 1.82) is 0 Å². The Morgan fingerprint density at radius 3 is 2.65 bits per heavy atom. The number of benzene rings is 1. The average Bonchev–Trinajstić information content (AvgIpc) is 2.98. The highest BCUT2D eigenvalue weighted by Crippen LogP contribution is 2.19. The lowest BCUT2D eigenvalue weighted by Crippen LogP contribution is -2.32. The van der Waals surface area contributed by atoms with Crippen LogP contribution in [0.4, 0.5) is 15.3 Å². The van der Waals surface area contributed by atoms with E-state index in [0.717, 1.165) is 22.2 Å². The quantitative estimate of drug-likeness (QED) is 0.596. The number of hydrogen-bond acceptors (Lipinski definition) is 3. The molecule has 0 unspecified atom stereocenters. The molecular weight excluding hydrogens is 296 g/mol. The Morgan fingerprint density at radius 1 is 1.13 bits per heavy atom. The fraction of sp³-hybridized carbons (Fsp3) is 0.0625. The molecule has 2 aromatic heterocycles. The van der Waals surface area contributed by atoms with Crippen LogP contribution in [0.3, 0.4) is 0 Å². The van der Waals surface area contributed by atoms with Crippen LogP contribution in [0.25, 0.3) is 10.9 Å². The number of hydrogen-bond donors (Lipinski definition) is 4. The lowest BCUT2D eigenvalue weighted by atomic mass is 10.1. The zero-order chi connectivity index (χ0) is 16.2. The summed E-state index contributed by atoms with van der Waals surface area (Å²) in [6.45, 7) is 0. The van der Waals surface area contributed by atoms with Crippen molar-refractivity contribution in [2.75, 3.05) is 5.32 Å². The standard InChI is InChI=1S/C16H14N4O3/c21-15(20-16(22)23)19-11-3-1-10(2-4-11)9-14-12-5-7-17-13(12)6-8-18-14/h1-8,17H,9H2,(H,22,23)(H2,19,20,21). The number of aromatic nitrogens is 2. The zero-order valence-corrected chi connectivity index (χ0v) is 12.0. The Kier molecular flexibility index (Phi) is 3.92. The highest BCUT2D eigenvalue weighted by Gasteiger charge is 2.07. The summed E-state index contributed by atoms with van der Waals surface area (Å²) in [6.07, 6.45) is 2.91. The van der Waals surface area contributed by atoms with E-state index in [9.17, 15) is 9.59 Å². The topological polar surface area (TPSA) is 107 Å². The molecule has 7 heteroatoms. The maximum atomic E-state index is 11.3. The van der Waals surface area contributed by atoms with Gasteiger partial charge in [-0.2, -0.15) is 0 Å². The molecule has 3 aromatic rings. The van der Waals surface area contributed by atoms with E-state index >= 15 is 0 Å². The summed E-state index contributed by atoms with van der Waals surface area (Å²) in [5, 5.41) is 13.7. The molecule has 0 aliphatic rings. The second-order valence-corrected chi connectivity index (χ2v) is 4.95. The van der Waals surface area contributed by atoms with Gasteiger partial charge in [0, 0.05) is 35.4 Å². The molecule has 0 atom stereocenters. The van der Waals surface area contributed by atoms with Crippen LogP contribution >= 0.6 is 0 Å². The second kappa shape index (κ2) is 6.18. The van der Waals surface area contributed by atoms with Gasteiger partial charge in [-0.05, 0) is 29.8 Å². The van der Waals surface area contributed by atoms with Crippen molar-refractivity contribution in [3.63, 3.8) is 0 Å². The van der Waals surface area contributed by atoms with Crippen LogP contribution in [-0.2, 0) is 6.42 Å². The van der Waals surface area contributed by atoms with Crippen LogP contribution in [0.15, 0.2) is 48.8 Å². The molecule has 7 nitrogen and oxygen atoms in total. The molecule has 0 aliphatic heterocycles. The Balaban J connectivity index is 1.71. The van der Waals surface area contributed by atoms with E-state index in [2.05, 4.69) is 15.3 Å². The summed E-state index contributed by atoms with van der Waals surface area (Å²) in [6, 6.07) is 10.3. The van der Waals surface area contributed by atoms with Crippen LogP contribution in [0, 0.1) is 0 Å². The van der Waals surface area contributed by atoms with E-state index in [4.69, 9.17) is 5.11 Å². The number of imide groups is 1. The number of carbonyl (C=O) groups is 2. The number of amides is 3. The lowest BCUT2D eigenvalue weighted by Gasteiger charge is -2.06. The zero-order valence-electron chi connectivity index (χ0n) is 12.0. The van der Waals surface area contributed by atoms with Gasteiger partial charge in [0.25, 0.3) is 0 Å². The number of H-pyrrole nitrogens is 1. The molecule has 2 heterocycles. The van der Waals surface area contributed by atoms with Gasteiger partial charge in [0.15, 0.2) is 0 Å². The number of pyridine rings is 1. The fourth-order valence-corrected chi connectivity index (χ4v) is 2.34. The van der Waals surface area contributed by atoms with E-state index in [1.54, 1.807) is 23.6 Å². The molecule has 23 heavy (non-hydrogen) atoms. The van der Waals surface area contributed by atoms with E-state index in [1.165, 1.54) is 0 Å². The molecule has 0 saturated carbocycles. The van der Waals surface area contributed by atoms with Gasteiger partial charge in [-0.25, -0.2) is 14.9 Å². The summed E-state index contributed by atoms with van der Waals surface area (Å²) >= 11 is 0. The molecule has 116 valence electrons. The molecule has 0 spiro atoms. The van der Waals surface area contributed by atoms with Crippen molar-refractivity contribution in [2.24, 2.45) is 0 Å². The van der Waals surface area contributed by atoms with E-state index in [-0.39, 0.29) is 0 Å². The molecule has 1 aromatic carbocycles. The number of carboxylic acid groups (broad SMARTS) is 1. The number of fused-ring (bicyclic) bond motifs is 1. The largest absolute Gasteiger partial charge is 0.465 e. The molecular formula is C16H14N4O3. The van der Waals surface area contributed by atoms with Crippen LogP contribution < -0.4 is 10.6 Å². The number of anilines is 1. The maximum absolute atomic E-state index is 11.3. The van der Waals surface area contributed by atoms with Gasteiger partial charge in [0.1, 0.15) is 0 Å². The monoisotopic (exact) mass is 310 g/mol. The number of rotatable bonds is 3. The van der Waals surface area contributed by atoms with Crippen molar-refractivity contribution < 1.29 is 14.7 Å². The van der Waals surface area contributed by atoms with E-state index in [1.807, 2.05) is 30.5 Å². The molecule has 4 N–H and O–H groups in total. The van der Waals surface area contributed by atoms with Crippen LogP contribution in [0.2, 0.25) is 0 Å². The normalized spacial score (nSPS) is 10.4. The van der Waals surface area contributed by atoms with Crippen LogP contribution in [0.1, 0.15) is 11.3 Å². The minimum atomic E-state index is -1.40. The first-order valence-corrected chi connectivity index (χ1v) is 6.92. The Hall–Kier alpha value is -3.35. The number of urea groups is 1. The van der Waals surface area contributed by atoms with Gasteiger partial charge in [-0.3, -0.25) is 4.98 Å². The predicted octanol–water partition coefficient (Wildman–Crippen LogP) is 2.95. The van der Waals surface area contributed by atoms with Gasteiger partial charge < -0.3 is 15.4 Å². The minimum Gasteiger partial charge on any atom is -0.465 e. The first-order valence-electron chi connectivity index (χ1n) is 6.92. The number of nitrogens with one attached hydrogen (secondary N) is 3. The number of carbonyl (C=O) groups excluding carboxylic acids is 1. The molecule has 0 radical (unpaired) electrons. The van der Waals surface area contributed by atoms with Crippen molar-refractivity contribution in [3.8, 4) is 0 Å². The van der Waals surface area contributed by atoms with Gasteiger partial charge in [0.2, 0.25) is 0 Å². The first kappa shape index (κ1) is 14.6. The third-order valence-electron chi connectivity index (χ3n) is 3.37.